The number of nitrogens with zero attached hydrogens (tertiary/aromatic N) is 5. The molecule has 1 aliphatic heterocycles. The summed E-state index contributed by atoms with van der Waals surface area (Å²) in [5.74, 6) is 1.39. The topological polar surface area (TPSA) is 68.1 Å². The Morgan fingerprint density at radius 1 is 1.19 bits per heavy atom. The van der Waals surface area contributed by atoms with Gasteiger partial charge in [0, 0.05) is 30.8 Å². The average molecular weight is 387 g/mol. The maximum atomic E-state index is 6.28. The Kier molecular flexibility index (Phi) is 4.65. The second-order valence-electron chi connectivity index (χ2n) is 7.13. The van der Waals surface area contributed by atoms with Gasteiger partial charge in [-0.05, 0) is 38.5 Å². The lowest BCUT2D eigenvalue weighted by Gasteiger charge is -2.35. The van der Waals surface area contributed by atoms with Crippen LogP contribution in [-0.2, 0) is 11.8 Å². The molecular formula is C19H23ClN6O. The molecule has 8 heteroatoms. The van der Waals surface area contributed by atoms with Crippen LogP contribution in [0.4, 0.5) is 17.5 Å². The van der Waals surface area contributed by atoms with Crippen molar-refractivity contribution in [3.63, 3.8) is 0 Å². The number of nitrogens with one attached hydrogen (secondary N) is 1. The Hall–Kier alpha value is -2.38. The molecular weight excluding hydrogens is 364 g/mol. The largest absolute Gasteiger partial charge is 0.372 e. The number of aromatic nitrogens is 4. The summed E-state index contributed by atoms with van der Waals surface area (Å²) in [6.45, 7) is 7.62. The molecule has 1 fully saturated rings. The van der Waals surface area contributed by atoms with E-state index < -0.39 is 0 Å². The van der Waals surface area contributed by atoms with Crippen LogP contribution in [0.3, 0.4) is 0 Å². The van der Waals surface area contributed by atoms with Gasteiger partial charge in [0.05, 0.1) is 23.8 Å². The van der Waals surface area contributed by atoms with Crippen LogP contribution in [0, 0.1) is 6.92 Å². The molecule has 2 atom stereocenters. The molecule has 1 saturated heterocycles. The van der Waals surface area contributed by atoms with Gasteiger partial charge in [0.2, 0.25) is 5.95 Å². The van der Waals surface area contributed by atoms with Crippen molar-refractivity contribution in [2.45, 2.75) is 33.0 Å². The second-order valence-corrected chi connectivity index (χ2v) is 7.54. The van der Waals surface area contributed by atoms with E-state index in [1.165, 1.54) is 0 Å². The third-order valence-electron chi connectivity index (χ3n) is 4.72. The highest BCUT2D eigenvalue weighted by molar-refractivity contribution is 6.31. The van der Waals surface area contributed by atoms with Crippen molar-refractivity contribution in [3.8, 4) is 0 Å². The number of fused-ring (bicyclic) bond motifs is 1. The lowest BCUT2D eigenvalue weighted by atomic mass is 10.2. The molecule has 0 saturated carbocycles. The lowest BCUT2D eigenvalue weighted by molar-refractivity contribution is -0.00569. The number of aryl methyl sites for hydroxylation is 2. The molecule has 2 unspecified atom stereocenters. The SMILES string of the molecule is Cc1ccc(Nc2nc(N3CC(C)OC(C)C3)nc3c2cnn3C)cc1Cl. The highest BCUT2D eigenvalue weighted by atomic mass is 35.5. The van der Waals surface area contributed by atoms with Crippen LogP contribution in [-0.4, -0.2) is 45.0 Å². The van der Waals surface area contributed by atoms with Crippen LogP contribution in [0.5, 0.6) is 0 Å². The molecule has 3 aromatic rings. The number of rotatable bonds is 3. The molecule has 27 heavy (non-hydrogen) atoms. The molecule has 7 nitrogen and oxygen atoms in total. The minimum atomic E-state index is 0.131. The number of benzene rings is 1. The lowest BCUT2D eigenvalue weighted by Crippen LogP contribution is -2.46. The molecule has 0 radical (unpaired) electrons. The highest BCUT2D eigenvalue weighted by Gasteiger charge is 2.25. The van der Waals surface area contributed by atoms with E-state index in [2.05, 4.69) is 29.2 Å². The van der Waals surface area contributed by atoms with Crippen LogP contribution in [0.25, 0.3) is 11.0 Å². The first-order valence-corrected chi connectivity index (χ1v) is 9.42. The molecule has 3 heterocycles. The molecule has 4 rings (SSSR count). The first-order chi connectivity index (χ1) is 12.9. The molecule has 142 valence electrons. The van der Waals surface area contributed by atoms with Gasteiger partial charge in [-0.25, -0.2) is 0 Å². The third-order valence-corrected chi connectivity index (χ3v) is 5.12. The molecule has 0 bridgehead atoms. The van der Waals surface area contributed by atoms with E-state index >= 15 is 0 Å². The predicted molar refractivity (Wildman–Crippen MR) is 108 cm³/mol. The van der Waals surface area contributed by atoms with Gasteiger partial charge in [0.1, 0.15) is 5.82 Å². The van der Waals surface area contributed by atoms with Crippen LogP contribution >= 0.6 is 11.6 Å². The number of hydrogen-bond acceptors (Lipinski definition) is 6. The van der Waals surface area contributed by atoms with Gasteiger partial charge in [-0.1, -0.05) is 17.7 Å². The predicted octanol–water partition coefficient (Wildman–Crippen LogP) is 3.68. The van der Waals surface area contributed by atoms with E-state index in [1.54, 1.807) is 10.9 Å². The van der Waals surface area contributed by atoms with E-state index in [9.17, 15) is 0 Å². The first kappa shape index (κ1) is 18.0. The van der Waals surface area contributed by atoms with Crippen molar-refractivity contribution >= 4 is 40.1 Å². The van der Waals surface area contributed by atoms with Crippen LogP contribution < -0.4 is 10.2 Å². The van der Waals surface area contributed by atoms with Crippen LogP contribution in [0.1, 0.15) is 19.4 Å². The summed E-state index contributed by atoms with van der Waals surface area (Å²) in [7, 11) is 1.89. The summed E-state index contributed by atoms with van der Waals surface area (Å²) in [6, 6.07) is 5.88. The van der Waals surface area contributed by atoms with Crippen molar-refractivity contribution < 1.29 is 4.74 Å². The van der Waals surface area contributed by atoms with Crippen molar-refractivity contribution in [2.24, 2.45) is 7.05 Å². The Morgan fingerprint density at radius 2 is 1.93 bits per heavy atom. The number of hydrogen-bond donors (Lipinski definition) is 1. The minimum Gasteiger partial charge on any atom is -0.372 e. The van der Waals surface area contributed by atoms with Gasteiger partial charge in [0.15, 0.2) is 5.65 Å². The Balaban J connectivity index is 1.76. The summed E-state index contributed by atoms with van der Waals surface area (Å²) in [4.78, 5) is 11.7. The van der Waals surface area contributed by atoms with Crippen molar-refractivity contribution in [1.82, 2.24) is 19.7 Å². The van der Waals surface area contributed by atoms with Crippen molar-refractivity contribution in [3.05, 3.63) is 35.0 Å². The molecule has 1 aromatic carbocycles. The molecule has 0 amide bonds. The molecule has 0 spiro atoms. The molecule has 1 N–H and O–H groups in total. The minimum absolute atomic E-state index is 0.131. The fourth-order valence-corrected chi connectivity index (χ4v) is 3.58. The summed E-state index contributed by atoms with van der Waals surface area (Å²) in [6.07, 6.45) is 2.04. The molecule has 2 aromatic heterocycles. The van der Waals surface area contributed by atoms with Gasteiger partial charge in [-0.2, -0.15) is 15.1 Å². The average Bonchev–Trinajstić information content (AvgIpc) is 2.99. The summed E-state index contributed by atoms with van der Waals surface area (Å²) in [5, 5.41) is 9.32. The summed E-state index contributed by atoms with van der Waals surface area (Å²) >= 11 is 6.28. The third kappa shape index (κ3) is 3.57. The second kappa shape index (κ2) is 6.98. The number of anilines is 3. The van der Waals surface area contributed by atoms with E-state index in [0.29, 0.717) is 11.0 Å². The number of morpholine rings is 1. The van der Waals surface area contributed by atoms with Gasteiger partial charge >= 0.3 is 0 Å². The van der Waals surface area contributed by atoms with Gasteiger partial charge in [0.25, 0.3) is 0 Å². The zero-order valence-corrected chi connectivity index (χ0v) is 16.7. The Labute approximate surface area is 163 Å². The van der Waals surface area contributed by atoms with Gasteiger partial charge in [-0.3, -0.25) is 4.68 Å². The number of halogens is 1. The van der Waals surface area contributed by atoms with E-state index in [0.717, 1.165) is 41.2 Å². The quantitative estimate of drug-likeness (QED) is 0.740. The van der Waals surface area contributed by atoms with E-state index in [1.807, 2.05) is 32.2 Å². The monoisotopic (exact) mass is 386 g/mol. The fraction of sp³-hybridized carbons (Fsp3) is 0.421. The maximum absolute atomic E-state index is 6.28. The zero-order chi connectivity index (χ0) is 19.1. The zero-order valence-electron chi connectivity index (χ0n) is 15.9. The van der Waals surface area contributed by atoms with Crippen LogP contribution in [0.15, 0.2) is 24.4 Å². The fourth-order valence-electron chi connectivity index (χ4n) is 3.40. The Bertz CT molecular complexity index is 978. The smallest absolute Gasteiger partial charge is 0.229 e. The standard InChI is InChI=1S/C19H23ClN6O/c1-11-5-6-14(7-16(11)20)22-17-15-8-21-25(4)18(15)24-19(23-17)26-9-12(2)27-13(3)10-26/h5-8,12-13H,9-10H2,1-4H3,(H,22,23,24). The first-order valence-electron chi connectivity index (χ1n) is 9.04. The molecule has 0 aliphatic carbocycles. The molecule has 1 aliphatic rings. The van der Waals surface area contributed by atoms with Gasteiger partial charge in [-0.15, -0.1) is 0 Å². The maximum Gasteiger partial charge on any atom is 0.229 e. The van der Waals surface area contributed by atoms with Gasteiger partial charge < -0.3 is 15.0 Å². The Morgan fingerprint density at radius 3 is 2.63 bits per heavy atom. The van der Waals surface area contributed by atoms with E-state index in [4.69, 9.17) is 26.3 Å². The normalized spacial score (nSPS) is 20.3. The summed E-state index contributed by atoms with van der Waals surface area (Å²) in [5.41, 5.74) is 2.70. The van der Waals surface area contributed by atoms with Crippen molar-refractivity contribution in [1.29, 1.82) is 0 Å². The summed E-state index contributed by atoms with van der Waals surface area (Å²) < 4.78 is 7.60. The highest BCUT2D eigenvalue weighted by Crippen LogP contribution is 2.29. The number of ether oxygens (including phenoxy) is 1. The van der Waals surface area contributed by atoms with Crippen LogP contribution in [0.2, 0.25) is 5.02 Å². The van der Waals surface area contributed by atoms with Crippen molar-refractivity contribution in [2.75, 3.05) is 23.3 Å². The van der Waals surface area contributed by atoms with E-state index in [-0.39, 0.29) is 12.2 Å².